The van der Waals surface area contributed by atoms with Crippen LogP contribution in [0.4, 0.5) is 10.1 Å². The summed E-state index contributed by atoms with van der Waals surface area (Å²) >= 11 is 0. The molecule has 1 amide bonds. The molecule has 40 heavy (non-hydrogen) atoms. The van der Waals surface area contributed by atoms with Crippen molar-refractivity contribution in [2.75, 3.05) is 5.32 Å². The molecule has 0 heterocycles. The van der Waals surface area contributed by atoms with Crippen LogP contribution in [0.25, 0.3) is 16.8 Å². The molecule has 5 nitrogen and oxygen atoms in total. The Morgan fingerprint density at radius 2 is 1.52 bits per heavy atom. The predicted octanol–water partition coefficient (Wildman–Crippen LogP) is 7.68. The van der Waals surface area contributed by atoms with E-state index in [2.05, 4.69) is 5.32 Å². The first-order chi connectivity index (χ1) is 19.6. The Balaban J connectivity index is 1.35. The van der Waals surface area contributed by atoms with E-state index in [-0.39, 0.29) is 18.0 Å². The van der Waals surface area contributed by atoms with Crippen LogP contribution in [0.1, 0.15) is 16.7 Å². The van der Waals surface area contributed by atoms with Gasteiger partial charge in [-0.25, -0.2) is 4.39 Å². The number of nitrogens with zero attached hydrogens (tertiary/aromatic N) is 1. The van der Waals surface area contributed by atoms with Crippen molar-refractivity contribution in [3.63, 3.8) is 0 Å². The van der Waals surface area contributed by atoms with Gasteiger partial charge in [-0.15, -0.1) is 0 Å². The van der Waals surface area contributed by atoms with Gasteiger partial charge < -0.3 is 14.8 Å². The number of amides is 1. The van der Waals surface area contributed by atoms with E-state index in [4.69, 9.17) is 9.47 Å². The third-order valence-corrected chi connectivity index (χ3v) is 6.29. The monoisotopic (exact) mass is 528 g/mol. The number of fused-ring (bicyclic) bond motifs is 1. The molecule has 0 aromatic heterocycles. The van der Waals surface area contributed by atoms with E-state index in [9.17, 15) is 14.4 Å². The second-order valence-electron chi connectivity index (χ2n) is 9.00. The summed E-state index contributed by atoms with van der Waals surface area (Å²) in [4.78, 5) is 13.1. The fraction of sp³-hybridized carbons (Fsp3) is 0.0588. The van der Waals surface area contributed by atoms with Gasteiger partial charge in [-0.2, -0.15) is 5.26 Å². The number of hydrogen-bond donors (Lipinski definition) is 1. The minimum absolute atomic E-state index is 0.00136. The maximum atomic E-state index is 14.2. The number of nitriles is 1. The molecule has 5 aromatic rings. The van der Waals surface area contributed by atoms with Crippen molar-refractivity contribution in [3.05, 3.63) is 143 Å². The van der Waals surface area contributed by atoms with E-state index in [0.29, 0.717) is 34.9 Å². The molecule has 0 radical (unpaired) electrons. The zero-order chi connectivity index (χ0) is 27.7. The number of anilines is 1. The van der Waals surface area contributed by atoms with Gasteiger partial charge in [-0.1, -0.05) is 78.9 Å². The first kappa shape index (κ1) is 26.2. The quantitative estimate of drug-likeness (QED) is 0.157. The Morgan fingerprint density at radius 1 is 0.800 bits per heavy atom. The molecule has 0 bridgehead atoms. The second kappa shape index (κ2) is 12.4. The van der Waals surface area contributed by atoms with Gasteiger partial charge in [0.1, 0.15) is 42.2 Å². The van der Waals surface area contributed by atoms with Crippen LogP contribution in [0, 0.1) is 17.1 Å². The van der Waals surface area contributed by atoms with Crippen molar-refractivity contribution in [3.8, 4) is 17.6 Å². The fourth-order valence-corrected chi connectivity index (χ4v) is 4.19. The van der Waals surface area contributed by atoms with Gasteiger partial charge in [-0.05, 0) is 58.8 Å². The predicted molar refractivity (Wildman–Crippen MR) is 154 cm³/mol. The summed E-state index contributed by atoms with van der Waals surface area (Å²) in [7, 11) is 0. The van der Waals surface area contributed by atoms with E-state index < -0.39 is 5.91 Å². The zero-order valence-electron chi connectivity index (χ0n) is 21.5. The molecule has 0 spiro atoms. The van der Waals surface area contributed by atoms with Crippen molar-refractivity contribution < 1.29 is 18.7 Å². The number of benzene rings is 5. The van der Waals surface area contributed by atoms with Crippen LogP contribution < -0.4 is 14.8 Å². The standard InChI is InChI=1S/C34H25FN2O3/c35-32-13-7-5-11-26(32)23-40-33-19-14-25-10-4-6-12-30(25)31(33)20-27(21-36)34(38)37-28-15-17-29(18-16-28)39-22-24-8-2-1-3-9-24/h1-20H,22-23H2,(H,37,38)/b27-20+. The number of carbonyl (C=O) groups excluding carboxylic acids is 1. The Bertz CT molecular complexity index is 1710. The van der Waals surface area contributed by atoms with Gasteiger partial charge in [0, 0.05) is 16.8 Å². The molecule has 0 aliphatic carbocycles. The Kier molecular flexibility index (Phi) is 8.14. The van der Waals surface area contributed by atoms with Crippen molar-refractivity contribution in [2.24, 2.45) is 0 Å². The molecule has 0 saturated heterocycles. The summed E-state index contributed by atoms with van der Waals surface area (Å²) in [6.45, 7) is 0.429. The highest BCUT2D eigenvalue weighted by Crippen LogP contribution is 2.31. The zero-order valence-corrected chi connectivity index (χ0v) is 21.5. The summed E-state index contributed by atoms with van der Waals surface area (Å²) < 4.78 is 26.0. The molecule has 0 saturated carbocycles. The summed E-state index contributed by atoms with van der Waals surface area (Å²) in [5.74, 6) is 0.162. The minimum atomic E-state index is -0.562. The number of halogens is 1. The normalized spacial score (nSPS) is 11.1. The molecule has 6 heteroatoms. The van der Waals surface area contributed by atoms with Crippen LogP contribution in [0.2, 0.25) is 0 Å². The first-order valence-electron chi connectivity index (χ1n) is 12.7. The lowest BCUT2D eigenvalue weighted by atomic mass is 10.0. The Labute approximate surface area is 231 Å². The van der Waals surface area contributed by atoms with Crippen LogP contribution >= 0.6 is 0 Å². The minimum Gasteiger partial charge on any atom is -0.489 e. The van der Waals surface area contributed by atoms with E-state index >= 15 is 0 Å². The van der Waals surface area contributed by atoms with Gasteiger partial charge in [-0.3, -0.25) is 4.79 Å². The Morgan fingerprint density at radius 3 is 2.30 bits per heavy atom. The smallest absolute Gasteiger partial charge is 0.266 e. The van der Waals surface area contributed by atoms with Crippen molar-refractivity contribution in [1.82, 2.24) is 0 Å². The lowest BCUT2D eigenvalue weighted by molar-refractivity contribution is -0.112. The number of rotatable bonds is 9. The molecule has 0 unspecified atom stereocenters. The van der Waals surface area contributed by atoms with Gasteiger partial charge in [0.05, 0.1) is 0 Å². The lowest BCUT2D eigenvalue weighted by Gasteiger charge is -2.13. The Hall–Kier alpha value is -5.41. The fourth-order valence-electron chi connectivity index (χ4n) is 4.19. The SMILES string of the molecule is N#C/C(=C\c1c(OCc2ccccc2F)ccc2ccccc12)C(=O)Nc1ccc(OCc2ccccc2)cc1. The topological polar surface area (TPSA) is 71.3 Å². The second-order valence-corrected chi connectivity index (χ2v) is 9.00. The highest BCUT2D eigenvalue weighted by Gasteiger charge is 2.15. The molecule has 1 N–H and O–H groups in total. The summed E-state index contributed by atoms with van der Waals surface area (Å²) in [6.07, 6.45) is 1.51. The molecular weight excluding hydrogens is 503 g/mol. The molecule has 5 aromatic carbocycles. The van der Waals surface area contributed by atoms with Gasteiger partial charge in [0.25, 0.3) is 5.91 Å². The van der Waals surface area contributed by atoms with Crippen molar-refractivity contribution >= 4 is 28.4 Å². The van der Waals surface area contributed by atoms with E-state index in [0.717, 1.165) is 16.3 Å². The highest BCUT2D eigenvalue weighted by molar-refractivity contribution is 6.11. The van der Waals surface area contributed by atoms with Gasteiger partial charge >= 0.3 is 0 Å². The molecule has 0 atom stereocenters. The van der Waals surface area contributed by atoms with Crippen LogP contribution in [-0.2, 0) is 18.0 Å². The van der Waals surface area contributed by atoms with Gasteiger partial charge in [0.2, 0.25) is 0 Å². The maximum Gasteiger partial charge on any atom is 0.266 e. The molecule has 5 rings (SSSR count). The maximum absolute atomic E-state index is 14.2. The van der Waals surface area contributed by atoms with Crippen molar-refractivity contribution in [2.45, 2.75) is 13.2 Å². The first-order valence-corrected chi connectivity index (χ1v) is 12.7. The molecular formula is C34H25FN2O3. The summed E-state index contributed by atoms with van der Waals surface area (Å²) in [6, 6.07) is 36.4. The largest absolute Gasteiger partial charge is 0.489 e. The average molecular weight is 529 g/mol. The third kappa shape index (κ3) is 6.35. The summed E-state index contributed by atoms with van der Waals surface area (Å²) in [5.41, 5.74) is 2.43. The number of ether oxygens (including phenoxy) is 2. The number of nitrogens with one attached hydrogen (secondary N) is 1. The van der Waals surface area contributed by atoms with Crippen LogP contribution in [-0.4, -0.2) is 5.91 Å². The number of hydrogen-bond acceptors (Lipinski definition) is 4. The van der Waals surface area contributed by atoms with E-state index in [1.807, 2.05) is 66.7 Å². The van der Waals surface area contributed by atoms with E-state index in [1.54, 1.807) is 48.5 Å². The molecule has 0 fully saturated rings. The van der Waals surface area contributed by atoms with Crippen molar-refractivity contribution in [1.29, 1.82) is 5.26 Å². The number of carbonyl (C=O) groups is 1. The average Bonchev–Trinajstić information content (AvgIpc) is 3.00. The van der Waals surface area contributed by atoms with Crippen LogP contribution in [0.15, 0.2) is 121 Å². The molecule has 196 valence electrons. The third-order valence-electron chi connectivity index (χ3n) is 6.29. The van der Waals surface area contributed by atoms with E-state index in [1.165, 1.54) is 12.1 Å². The van der Waals surface area contributed by atoms with Crippen LogP contribution in [0.5, 0.6) is 11.5 Å². The lowest BCUT2D eigenvalue weighted by Crippen LogP contribution is -2.13. The molecule has 0 aliphatic rings. The highest BCUT2D eigenvalue weighted by atomic mass is 19.1. The van der Waals surface area contributed by atoms with Crippen LogP contribution in [0.3, 0.4) is 0 Å². The van der Waals surface area contributed by atoms with Gasteiger partial charge in [0.15, 0.2) is 0 Å². The molecule has 0 aliphatic heterocycles. The summed E-state index contributed by atoms with van der Waals surface area (Å²) in [5, 5.41) is 14.4.